The predicted molar refractivity (Wildman–Crippen MR) is 63.6 cm³/mol. The molecule has 1 atom stereocenters. The van der Waals surface area contributed by atoms with E-state index in [-0.39, 0.29) is 0 Å². The summed E-state index contributed by atoms with van der Waals surface area (Å²) < 4.78 is 26.8. The minimum atomic E-state index is -1.28. The first-order valence-electron chi connectivity index (χ1n) is 5.39. The van der Waals surface area contributed by atoms with Gasteiger partial charge < -0.3 is 10.3 Å². The lowest BCUT2D eigenvalue weighted by Gasteiger charge is -2.13. The van der Waals surface area contributed by atoms with Crippen molar-refractivity contribution in [1.82, 2.24) is 9.97 Å². The first kappa shape index (κ1) is 12.9. The standard InChI is InChI=1S/C11H10F2N4O2/c1-6(11-14-4-5-15-11)16-10-8(17(18)19)3-2-7(12)9(10)13/h2-6,16H,1H3,(H,14,15). The fraction of sp³-hybridized carbons (Fsp3) is 0.182. The van der Waals surface area contributed by atoms with Gasteiger partial charge in [-0.25, -0.2) is 13.8 Å². The zero-order valence-electron chi connectivity index (χ0n) is 9.85. The van der Waals surface area contributed by atoms with E-state index >= 15 is 0 Å². The fourth-order valence-corrected chi connectivity index (χ4v) is 1.63. The Balaban J connectivity index is 2.38. The normalized spacial score (nSPS) is 12.2. The highest BCUT2D eigenvalue weighted by Crippen LogP contribution is 2.31. The van der Waals surface area contributed by atoms with Gasteiger partial charge in [0.1, 0.15) is 5.82 Å². The van der Waals surface area contributed by atoms with Gasteiger partial charge in [0.25, 0.3) is 5.69 Å². The van der Waals surface area contributed by atoms with Gasteiger partial charge in [-0.1, -0.05) is 0 Å². The Bertz CT molecular complexity index is 601. The summed E-state index contributed by atoms with van der Waals surface area (Å²) in [6, 6.07) is 1.09. The number of aromatic amines is 1. The number of nitrogens with zero attached hydrogens (tertiary/aromatic N) is 2. The number of benzene rings is 1. The van der Waals surface area contributed by atoms with Gasteiger partial charge in [-0.15, -0.1) is 0 Å². The van der Waals surface area contributed by atoms with Crippen LogP contribution >= 0.6 is 0 Å². The van der Waals surface area contributed by atoms with Gasteiger partial charge in [-0.2, -0.15) is 0 Å². The predicted octanol–water partition coefficient (Wildman–Crippen LogP) is 2.77. The number of H-pyrrole nitrogens is 1. The van der Waals surface area contributed by atoms with E-state index in [1.165, 1.54) is 6.20 Å². The quantitative estimate of drug-likeness (QED) is 0.659. The molecule has 0 saturated carbocycles. The first-order valence-corrected chi connectivity index (χ1v) is 5.39. The van der Waals surface area contributed by atoms with Crippen molar-refractivity contribution in [3.8, 4) is 0 Å². The fourth-order valence-electron chi connectivity index (χ4n) is 1.63. The van der Waals surface area contributed by atoms with Gasteiger partial charge in [0.2, 0.25) is 0 Å². The van der Waals surface area contributed by atoms with Crippen LogP contribution in [0.5, 0.6) is 0 Å². The Labute approximate surface area is 106 Å². The first-order chi connectivity index (χ1) is 9.00. The SMILES string of the molecule is CC(Nc1c([N+](=O)[O-])ccc(F)c1F)c1ncc[nH]1. The third-order valence-corrected chi connectivity index (χ3v) is 2.56. The molecule has 8 heteroatoms. The van der Waals surface area contributed by atoms with Crippen LogP contribution in [-0.4, -0.2) is 14.9 Å². The maximum absolute atomic E-state index is 13.7. The highest BCUT2D eigenvalue weighted by Gasteiger charge is 2.23. The summed E-state index contributed by atoms with van der Waals surface area (Å²) in [5, 5.41) is 13.4. The second-order valence-corrected chi connectivity index (χ2v) is 3.85. The van der Waals surface area contributed by atoms with Crippen LogP contribution in [0.25, 0.3) is 0 Å². The molecule has 1 aromatic heterocycles. The molecule has 0 aliphatic heterocycles. The minimum Gasteiger partial charge on any atom is -0.367 e. The molecular weight excluding hydrogens is 258 g/mol. The van der Waals surface area contributed by atoms with Gasteiger partial charge in [0.15, 0.2) is 17.3 Å². The molecule has 1 heterocycles. The molecule has 6 nitrogen and oxygen atoms in total. The summed E-state index contributed by atoms with van der Waals surface area (Å²) in [7, 11) is 0. The summed E-state index contributed by atoms with van der Waals surface area (Å²) in [6.45, 7) is 1.62. The molecule has 2 rings (SSSR count). The number of anilines is 1. The Morgan fingerprint density at radius 1 is 1.47 bits per heavy atom. The van der Waals surface area contributed by atoms with Crippen LogP contribution in [-0.2, 0) is 0 Å². The summed E-state index contributed by atoms with van der Waals surface area (Å²) in [6.07, 6.45) is 3.05. The molecule has 2 N–H and O–H groups in total. The molecule has 0 aliphatic rings. The Kier molecular flexibility index (Phi) is 3.41. The third kappa shape index (κ3) is 2.51. The summed E-state index contributed by atoms with van der Waals surface area (Å²) in [5.41, 5.74) is -1.02. The number of imidazole rings is 1. The van der Waals surface area contributed by atoms with Crippen LogP contribution < -0.4 is 5.32 Å². The Morgan fingerprint density at radius 2 is 2.21 bits per heavy atom. The maximum atomic E-state index is 13.7. The molecule has 2 aromatic rings. The Morgan fingerprint density at radius 3 is 2.79 bits per heavy atom. The second kappa shape index (κ2) is 5.01. The average Bonchev–Trinajstić information content (AvgIpc) is 2.88. The number of hydrogen-bond acceptors (Lipinski definition) is 4. The van der Waals surface area contributed by atoms with Gasteiger partial charge in [-0.3, -0.25) is 10.1 Å². The zero-order valence-corrected chi connectivity index (χ0v) is 9.85. The van der Waals surface area contributed by atoms with E-state index < -0.39 is 34.0 Å². The van der Waals surface area contributed by atoms with E-state index in [9.17, 15) is 18.9 Å². The summed E-state index contributed by atoms with van der Waals surface area (Å²) >= 11 is 0. The smallest absolute Gasteiger partial charge is 0.295 e. The number of rotatable bonds is 4. The molecule has 0 aliphatic carbocycles. The molecule has 1 unspecified atom stereocenters. The van der Waals surface area contributed by atoms with Crippen molar-refractivity contribution >= 4 is 11.4 Å². The summed E-state index contributed by atoms with van der Waals surface area (Å²) in [4.78, 5) is 16.7. The van der Waals surface area contributed by atoms with Crippen LogP contribution in [0.1, 0.15) is 18.8 Å². The second-order valence-electron chi connectivity index (χ2n) is 3.85. The van der Waals surface area contributed by atoms with Crippen molar-refractivity contribution < 1.29 is 13.7 Å². The highest BCUT2D eigenvalue weighted by molar-refractivity contribution is 5.63. The van der Waals surface area contributed by atoms with Crippen LogP contribution in [0.15, 0.2) is 24.5 Å². The molecule has 0 radical (unpaired) electrons. The van der Waals surface area contributed by atoms with E-state index in [1.54, 1.807) is 13.1 Å². The van der Waals surface area contributed by atoms with Gasteiger partial charge in [0, 0.05) is 18.5 Å². The van der Waals surface area contributed by atoms with Crippen molar-refractivity contribution in [2.24, 2.45) is 0 Å². The lowest BCUT2D eigenvalue weighted by molar-refractivity contribution is -0.384. The van der Waals surface area contributed by atoms with Crippen LogP contribution in [0.2, 0.25) is 0 Å². The molecule has 0 amide bonds. The van der Waals surface area contributed by atoms with Crippen LogP contribution in [0.4, 0.5) is 20.2 Å². The Hall–Kier alpha value is -2.51. The molecule has 100 valence electrons. The summed E-state index contributed by atoms with van der Waals surface area (Å²) in [5.74, 6) is -1.98. The van der Waals surface area contributed by atoms with E-state index in [2.05, 4.69) is 15.3 Å². The molecule has 0 saturated heterocycles. The van der Waals surface area contributed by atoms with Crippen molar-refractivity contribution in [1.29, 1.82) is 0 Å². The van der Waals surface area contributed by atoms with E-state index in [1.807, 2.05) is 0 Å². The molecule has 0 fully saturated rings. The average molecular weight is 268 g/mol. The van der Waals surface area contributed by atoms with E-state index in [0.29, 0.717) is 5.82 Å². The molecule has 19 heavy (non-hydrogen) atoms. The number of hydrogen-bond donors (Lipinski definition) is 2. The molecular formula is C11H10F2N4O2. The monoisotopic (exact) mass is 268 g/mol. The molecule has 1 aromatic carbocycles. The number of nitro benzene ring substituents is 1. The zero-order chi connectivity index (χ0) is 14.0. The van der Waals surface area contributed by atoms with E-state index in [0.717, 1.165) is 12.1 Å². The number of aromatic nitrogens is 2. The van der Waals surface area contributed by atoms with Crippen molar-refractivity contribution in [2.45, 2.75) is 13.0 Å². The topological polar surface area (TPSA) is 83.8 Å². The van der Waals surface area contributed by atoms with Gasteiger partial charge in [-0.05, 0) is 13.0 Å². The van der Waals surface area contributed by atoms with Gasteiger partial charge >= 0.3 is 0 Å². The van der Waals surface area contributed by atoms with Crippen molar-refractivity contribution in [3.63, 3.8) is 0 Å². The molecule has 0 spiro atoms. The number of halogens is 2. The molecule has 0 bridgehead atoms. The largest absolute Gasteiger partial charge is 0.367 e. The minimum absolute atomic E-state index is 0.456. The third-order valence-electron chi connectivity index (χ3n) is 2.56. The number of nitrogens with one attached hydrogen (secondary N) is 2. The van der Waals surface area contributed by atoms with Crippen LogP contribution in [0.3, 0.4) is 0 Å². The van der Waals surface area contributed by atoms with Crippen molar-refractivity contribution in [3.05, 3.63) is 52.1 Å². The maximum Gasteiger partial charge on any atom is 0.295 e. The number of nitro groups is 1. The van der Waals surface area contributed by atoms with Crippen molar-refractivity contribution in [2.75, 3.05) is 5.32 Å². The van der Waals surface area contributed by atoms with E-state index in [4.69, 9.17) is 0 Å². The van der Waals surface area contributed by atoms with Gasteiger partial charge in [0.05, 0.1) is 11.0 Å². The van der Waals surface area contributed by atoms with Crippen LogP contribution in [0, 0.1) is 21.7 Å². The lowest BCUT2D eigenvalue weighted by atomic mass is 10.2. The lowest BCUT2D eigenvalue weighted by Crippen LogP contribution is -2.12. The highest BCUT2D eigenvalue weighted by atomic mass is 19.2.